The third-order valence-electron chi connectivity index (χ3n) is 2.65. The molecule has 1 N–H and O–H groups in total. The zero-order valence-corrected chi connectivity index (χ0v) is 9.98. The van der Waals surface area contributed by atoms with Gasteiger partial charge in [0.2, 0.25) is 0 Å². The van der Waals surface area contributed by atoms with Crippen LogP contribution in [0.5, 0.6) is 5.75 Å². The summed E-state index contributed by atoms with van der Waals surface area (Å²) in [5.74, 6) is 0.726. The van der Waals surface area contributed by atoms with Crippen LogP contribution in [-0.2, 0) is 6.54 Å². The average molecular weight is 246 g/mol. The zero-order valence-electron chi connectivity index (χ0n) is 9.98. The highest BCUT2D eigenvalue weighted by atomic mass is 16.5. The van der Waals surface area contributed by atoms with Gasteiger partial charge in [0, 0.05) is 12.4 Å². The number of benzene rings is 1. The normalized spacial score (nSPS) is 12.1. The molecule has 0 amide bonds. The third-order valence-corrected chi connectivity index (χ3v) is 2.65. The van der Waals surface area contributed by atoms with E-state index in [4.69, 9.17) is 4.74 Å². The van der Waals surface area contributed by atoms with Gasteiger partial charge < -0.3 is 9.84 Å². The Morgan fingerprint density at radius 2 is 2.11 bits per heavy atom. The molecule has 0 aliphatic rings. The topological polar surface area (TPSA) is 64.3 Å². The maximum Gasteiger partial charge on any atom is 0.347 e. The van der Waals surface area contributed by atoms with Crippen molar-refractivity contribution in [1.82, 2.24) is 9.55 Å². The van der Waals surface area contributed by atoms with E-state index in [1.807, 2.05) is 0 Å². The number of rotatable bonds is 4. The molecule has 1 unspecified atom stereocenters. The van der Waals surface area contributed by atoms with Gasteiger partial charge in [0.05, 0.1) is 19.8 Å². The molecule has 0 spiro atoms. The predicted octanol–water partition coefficient (Wildman–Crippen LogP) is 0.985. The van der Waals surface area contributed by atoms with Crippen molar-refractivity contribution >= 4 is 0 Å². The molecule has 0 saturated carbocycles. The maximum absolute atomic E-state index is 11.4. The van der Waals surface area contributed by atoms with Crippen LogP contribution in [0.2, 0.25) is 0 Å². The molecule has 1 heterocycles. The number of nitrogens with zero attached hydrogens (tertiary/aromatic N) is 2. The molecule has 0 bridgehead atoms. The van der Waals surface area contributed by atoms with Crippen molar-refractivity contribution in [2.24, 2.45) is 0 Å². The lowest BCUT2D eigenvalue weighted by molar-refractivity contribution is 0.154. The molecule has 0 fully saturated rings. The fourth-order valence-electron chi connectivity index (χ4n) is 1.64. The number of methoxy groups -OCH3 is 1. The van der Waals surface area contributed by atoms with Crippen LogP contribution in [0.3, 0.4) is 0 Å². The van der Waals surface area contributed by atoms with Crippen molar-refractivity contribution < 1.29 is 9.84 Å². The van der Waals surface area contributed by atoms with Gasteiger partial charge in [-0.3, -0.25) is 4.57 Å². The highest BCUT2D eigenvalue weighted by Crippen LogP contribution is 2.18. The molecule has 18 heavy (non-hydrogen) atoms. The number of aliphatic hydroxyl groups excluding tert-OH is 1. The van der Waals surface area contributed by atoms with Crippen molar-refractivity contribution in [3.63, 3.8) is 0 Å². The van der Waals surface area contributed by atoms with Gasteiger partial charge in [-0.2, -0.15) is 0 Å². The highest BCUT2D eigenvalue weighted by molar-refractivity contribution is 5.28. The van der Waals surface area contributed by atoms with Crippen molar-refractivity contribution in [3.05, 3.63) is 58.8 Å². The van der Waals surface area contributed by atoms with Crippen LogP contribution >= 0.6 is 0 Å². The van der Waals surface area contributed by atoms with E-state index in [2.05, 4.69) is 4.98 Å². The fraction of sp³-hybridized carbons (Fsp3) is 0.231. The first-order chi connectivity index (χ1) is 8.70. The number of hydrogen-bond acceptors (Lipinski definition) is 4. The highest BCUT2D eigenvalue weighted by Gasteiger charge is 2.09. The molecule has 1 aromatic heterocycles. The SMILES string of the molecule is COc1ccc(C(O)Cn2cccnc2=O)cc1. The van der Waals surface area contributed by atoms with E-state index < -0.39 is 6.10 Å². The molecule has 94 valence electrons. The van der Waals surface area contributed by atoms with E-state index >= 15 is 0 Å². The van der Waals surface area contributed by atoms with Crippen LogP contribution in [0.4, 0.5) is 0 Å². The quantitative estimate of drug-likeness (QED) is 0.873. The van der Waals surface area contributed by atoms with E-state index in [9.17, 15) is 9.90 Å². The summed E-state index contributed by atoms with van der Waals surface area (Å²) < 4.78 is 6.41. The van der Waals surface area contributed by atoms with Crippen LogP contribution in [0.15, 0.2) is 47.5 Å². The summed E-state index contributed by atoms with van der Waals surface area (Å²) >= 11 is 0. The Labute approximate surface area is 104 Å². The van der Waals surface area contributed by atoms with E-state index in [0.717, 1.165) is 11.3 Å². The number of aliphatic hydroxyl groups is 1. The molecular weight excluding hydrogens is 232 g/mol. The summed E-state index contributed by atoms with van der Waals surface area (Å²) in [6.45, 7) is 0.180. The monoisotopic (exact) mass is 246 g/mol. The number of ether oxygens (including phenoxy) is 1. The predicted molar refractivity (Wildman–Crippen MR) is 66.5 cm³/mol. The van der Waals surface area contributed by atoms with Gasteiger partial charge >= 0.3 is 5.69 Å². The van der Waals surface area contributed by atoms with Crippen LogP contribution in [0.25, 0.3) is 0 Å². The van der Waals surface area contributed by atoms with Crippen molar-refractivity contribution in [2.75, 3.05) is 7.11 Å². The molecule has 1 aromatic carbocycles. The van der Waals surface area contributed by atoms with Crippen LogP contribution in [0.1, 0.15) is 11.7 Å². The lowest BCUT2D eigenvalue weighted by Gasteiger charge is -2.12. The van der Waals surface area contributed by atoms with Gasteiger partial charge in [-0.15, -0.1) is 0 Å². The molecule has 1 atom stereocenters. The molecule has 0 aliphatic carbocycles. The molecular formula is C13H14N2O3. The second-order valence-corrected chi connectivity index (χ2v) is 3.84. The molecule has 5 nitrogen and oxygen atoms in total. The van der Waals surface area contributed by atoms with Gasteiger partial charge in [0.15, 0.2) is 0 Å². The Morgan fingerprint density at radius 3 is 2.72 bits per heavy atom. The average Bonchev–Trinajstić information content (AvgIpc) is 2.41. The van der Waals surface area contributed by atoms with E-state index in [1.165, 1.54) is 10.8 Å². The molecule has 0 aliphatic heterocycles. The zero-order chi connectivity index (χ0) is 13.0. The molecule has 2 aromatic rings. The van der Waals surface area contributed by atoms with Crippen LogP contribution < -0.4 is 10.4 Å². The van der Waals surface area contributed by atoms with E-state index in [-0.39, 0.29) is 12.2 Å². The molecule has 2 rings (SSSR count). The number of hydrogen-bond donors (Lipinski definition) is 1. The fourth-order valence-corrected chi connectivity index (χ4v) is 1.64. The Kier molecular flexibility index (Phi) is 3.74. The second kappa shape index (κ2) is 5.46. The van der Waals surface area contributed by atoms with Crippen molar-refractivity contribution in [1.29, 1.82) is 0 Å². The standard InChI is InChI=1S/C13H14N2O3/c1-18-11-5-3-10(4-6-11)12(16)9-15-8-2-7-14-13(15)17/h2-8,12,16H,9H2,1H3. The Morgan fingerprint density at radius 1 is 1.39 bits per heavy atom. The summed E-state index contributed by atoms with van der Waals surface area (Å²) in [6.07, 6.45) is 2.28. The van der Waals surface area contributed by atoms with Crippen LogP contribution in [0, 0.1) is 0 Å². The minimum Gasteiger partial charge on any atom is -0.497 e. The first-order valence-electron chi connectivity index (χ1n) is 5.54. The van der Waals surface area contributed by atoms with Crippen LogP contribution in [-0.4, -0.2) is 21.8 Å². The summed E-state index contributed by atoms with van der Waals surface area (Å²) in [7, 11) is 1.58. The summed E-state index contributed by atoms with van der Waals surface area (Å²) in [5.41, 5.74) is 0.358. The maximum atomic E-state index is 11.4. The summed E-state index contributed by atoms with van der Waals surface area (Å²) in [5, 5.41) is 10.0. The smallest absolute Gasteiger partial charge is 0.347 e. The van der Waals surface area contributed by atoms with Crippen molar-refractivity contribution in [2.45, 2.75) is 12.6 Å². The Bertz CT molecular complexity index is 563. The minimum atomic E-state index is -0.752. The first kappa shape index (κ1) is 12.3. The Hall–Kier alpha value is -2.14. The van der Waals surface area contributed by atoms with Crippen molar-refractivity contribution in [3.8, 4) is 5.75 Å². The minimum absolute atomic E-state index is 0.180. The summed E-state index contributed by atoms with van der Waals surface area (Å²) in [6, 6.07) is 8.73. The van der Waals surface area contributed by atoms with Gasteiger partial charge in [-0.1, -0.05) is 12.1 Å². The first-order valence-corrected chi connectivity index (χ1v) is 5.54. The number of aromatic nitrogens is 2. The third kappa shape index (κ3) is 2.75. The molecule has 0 radical (unpaired) electrons. The van der Waals surface area contributed by atoms with E-state index in [0.29, 0.717) is 0 Å². The largest absolute Gasteiger partial charge is 0.497 e. The second-order valence-electron chi connectivity index (χ2n) is 3.84. The van der Waals surface area contributed by atoms with Gasteiger partial charge in [-0.05, 0) is 23.8 Å². The van der Waals surface area contributed by atoms with E-state index in [1.54, 1.807) is 43.6 Å². The Balaban J connectivity index is 2.14. The molecule has 5 heteroatoms. The van der Waals surface area contributed by atoms with Gasteiger partial charge in [0.1, 0.15) is 5.75 Å². The molecule has 0 saturated heterocycles. The lowest BCUT2D eigenvalue weighted by atomic mass is 10.1. The summed E-state index contributed by atoms with van der Waals surface area (Å²) in [4.78, 5) is 15.0. The van der Waals surface area contributed by atoms with Gasteiger partial charge in [0.25, 0.3) is 0 Å². The van der Waals surface area contributed by atoms with Gasteiger partial charge in [-0.25, -0.2) is 9.78 Å². The lowest BCUT2D eigenvalue weighted by Crippen LogP contribution is -2.24.